The highest BCUT2D eigenvalue weighted by Crippen LogP contribution is 2.37. The molecular formula is C19H22N2O5. The fourth-order valence-electron chi connectivity index (χ4n) is 4.12. The Morgan fingerprint density at radius 1 is 1.19 bits per heavy atom. The van der Waals surface area contributed by atoms with Crippen molar-refractivity contribution in [3.05, 3.63) is 23.8 Å². The van der Waals surface area contributed by atoms with E-state index >= 15 is 0 Å². The number of rotatable bonds is 4. The molecule has 3 amide bonds. The first-order chi connectivity index (χ1) is 12.5. The predicted molar refractivity (Wildman–Crippen MR) is 92.1 cm³/mol. The number of hydrogen-bond acceptors (Lipinski definition) is 5. The van der Waals surface area contributed by atoms with Gasteiger partial charge in [0.15, 0.2) is 17.3 Å². The number of urea groups is 1. The van der Waals surface area contributed by atoms with Crippen LogP contribution in [-0.4, -0.2) is 41.5 Å². The normalized spacial score (nSPS) is 25.5. The molecule has 1 aliphatic carbocycles. The van der Waals surface area contributed by atoms with Crippen LogP contribution in [0.3, 0.4) is 0 Å². The fourth-order valence-corrected chi connectivity index (χ4v) is 4.12. The molecule has 4 rings (SSSR count). The number of carbonyl (C=O) groups is 3. The molecule has 138 valence electrons. The van der Waals surface area contributed by atoms with Crippen molar-refractivity contribution < 1.29 is 23.9 Å². The van der Waals surface area contributed by atoms with Crippen molar-refractivity contribution in [2.45, 2.75) is 44.6 Å². The van der Waals surface area contributed by atoms with Crippen LogP contribution in [0.1, 0.15) is 49.4 Å². The van der Waals surface area contributed by atoms with Crippen LogP contribution in [0.2, 0.25) is 0 Å². The summed E-state index contributed by atoms with van der Waals surface area (Å²) in [4.78, 5) is 39.0. The molecule has 7 heteroatoms. The predicted octanol–water partition coefficient (Wildman–Crippen LogP) is 2.49. The quantitative estimate of drug-likeness (QED) is 0.660. The summed E-state index contributed by atoms with van der Waals surface area (Å²) in [6.07, 6.45) is 5.15. The third-order valence-electron chi connectivity index (χ3n) is 5.72. The molecule has 0 spiro atoms. The van der Waals surface area contributed by atoms with Crippen molar-refractivity contribution in [2.75, 3.05) is 13.3 Å². The molecule has 0 aromatic heterocycles. The van der Waals surface area contributed by atoms with E-state index in [4.69, 9.17) is 9.47 Å². The highest BCUT2D eigenvalue weighted by Gasteiger charge is 2.52. The van der Waals surface area contributed by atoms with E-state index in [1.54, 1.807) is 25.1 Å². The largest absolute Gasteiger partial charge is 0.454 e. The maximum atomic E-state index is 12.9. The van der Waals surface area contributed by atoms with Gasteiger partial charge in [-0.1, -0.05) is 19.3 Å². The minimum atomic E-state index is -0.910. The zero-order chi connectivity index (χ0) is 18.3. The zero-order valence-electron chi connectivity index (χ0n) is 14.7. The van der Waals surface area contributed by atoms with E-state index in [1.807, 2.05) is 0 Å². The van der Waals surface area contributed by atoms with Crippen LogP contribution >= 0.6 is 0 Å². The Morgan fingerprint density at radius 2 is 1.92 bits per heavy atom. The Kier molecular flexibility index (Phi) is 4.09. The van der Waals surface area contributed by atoms with Gasteiger partial charge in [-0.2, -0.15) is 0 Å². The first-order valence-electron chi connectivity index (χ1n) is 9.06. The van der Waals surface area contributed by atoms with Crippen molar-refractivity contribution in [1.29, 1.82) is 0 Å². The molecule has 1 atom stereocenters. The molecule has 1 aromatic rings. The molecule has 2 fully saturated rings. The van der Waals surface area contributed by atoms with Gasteiger partial charge in [-0.05, 0) is 43.9 Å². The lowest BCUT2D eigenvalue weighted by molar-refractivity contribution is -0.132. The molecule has 2 heterocycles. The first kappa shape index (κ1) is 16.9. The highest BCUT2D eigenvalue weighted by atomic mass is 16.7. The van der Waals surface area contributed by atoms with Crippen molar-refractivity contribution in [1.82, 2.24) is 10.2 Å². The van der Waals surface area contributed by atoms with Gasteiger partial charge in [-0.15, -0.1) is 0 Å². The van der Waals surface area contributed by atoms with E-state index in [-0.39, 0.29) is 30.9 Å². The lowest BCUT2D eigenvalue weighted by atomic mass is 9.75. The number of amides is 3. The third-order valence-corrected chi connectivity index (χ3v) is 5.72. The Bertz CT molecular complexity index is 771. The van der Waals surface area contributed by atoms with Crippen molar-refractivity contribution in [3.8, 4) is 11.5 Å². The van der Waals surface area contributed by atoms with Crippen LogP contribution in [0.15, 0.2) is 18.2 Å². The first-order valence-corrected chi connectivity index (χ1v) is 9.06. The second kappa shape index (κ2) is 6.30. The molecule has 2 aliphatic heterocycles. The number of ether oxygens (including phenoxy) is 2. The van der Waals surface area contributed by atoms with Crippen LogP contribution in [0.5, 0.6) is 11.5 Å². The molecule has 3 aliphatic rings. The number of carbonyl (C=O) groups excluding carboxylic acids is 3. The summed E-state index contributed by atoms with van der Waals surface area (Å²) in [5.74, 6) is 0.600. The van der Waals surface area contributed by atoms with Crippen molar-refractivity contribution in [2.24, 2.45) is 5.92 Å². The summed E-state index contributed by atoms with van der Waals surface area (Å²) in [5.41, 5.74) is -0.520. The summed E-state index contributed by atoms with van der Waals surface area (Å²) in [6.45, 7) is 1.64. The summed E-state index contributed by atoms with van der Waals surface area (Å²) in [7, 11) is 0. The van der Waals surface area contributed by atoms with E-state index in [2.05, 4.69) is 5.32 Å². The minimum absolute atomic E-state index is 0.123. The van der Waals surface area contributed by atoms with Gasteiger partial charge >= 0.3 is 6.03 Å². The summed E-state index contributed by atoms with van der Waals surface area (Å²) in [5, 5.41) is 2.84. The number of nitrogens with zero attached hydrogens (tertiary/aromatic N) is 1. The smallest absolute Gasteiger partial charge is 0.325 e. The number of Topliss-reactive ketones (excluding diaryl/α,β-unsaturated/α-hetero) is 1. The standard InChI is InChI=1S/C19H22N2O5/c1-19(13-5-3-2-4-6-13)17(23)21(18(24)20-19)10-14(22)12-7-8-15-16(9-12)26-11-25-15/h7-9,13H,2-6,10-11H2,1H3,(H,20,24)/t19-/m0/s1. The molecule has 1 saturated heterocycles. The topological polar surface area (TPSA) is 84.9 Å². The summed E-state index contributed by atoms with van der Waals surface area (Å²) in [6, 6.07) is 4.38. The van der Waals surface area contributed by atoms with Gasteiger partial charge in [0.1, 0.15) is 5.54 Å². The number of hydrogen-bond donors (Lipinski definition) is 1. The highest BCUT2D eigenvalue weighted by molar-refractivity contribution is 6.11. The van der Waals surface area contributed by atoms with Gasteiger partial charge in [0, 0.05) is 5.56 Å². The van der Waals surface area contributed by atoms with Gasteiger partial charge in [0.25, 0.3) is 5.91 Å². The van der Waals surface area contributed by atoms with Crippen LogP contribution in [0, 0.1) is 5.92 Å². The number of ketones is 1. The summed E-state index contributed by atoms with van der Waals surface area (Å²) < 4.78 is 10.5. The molecule has 0 radical (unpaired) electrons. The molecule has 1 N–H and O–H groups in total. The van der Waals surface area contributed by atoms with Crippen molar-refractivity contribution >= 4 is 17.7 Å². The van der Waals surface area contributed by atoms with Crippen LogP contribution in [-0.2, 0) is 4.79 Å². The number of imide groups is 1. The second-order valence-electron chi connectivity index (χ2n) is 7.35. The maximum absolute atomic E-state index is 12.9. The van der Waals surface area contributed by atoms with Crippen LogP contribution < -0.4 is 14.8 Å². The lowest BCUT2D eigenvalue weighted by Gasteiger charge is -2.34. The average molecular weight is 358 g/mol. The van der Waals surface area contributed by atoms with Gasteiger partial charge in [0.05, 0.1) is 6.54 Å². The van der Waals surface area contributed by atoms with Crippen LogP contribution in [0.25, 0.3) is 0 Å². The van der Waals surface area contributed by atoms with E-state index in [9.17, 15) is 14.4 Å². The molecule has 1 saturated carbocycles. The van der Waals surface area contributed by atoms with E-state index in [1.165, 1.54) is 6.42 Å². The van der Waals surface area contributed by atoms with Gasteiger partial charge in [-0.25, -0.2) is 4.79 Å². The van der Waals surface area contributed by atoms with Gasteiger partial charge in [-0.3, -0.25) is 14.5 Å². The maximum Gasteiger partial charge on any atom is 0.325 e. The third kappa shape index (κ3) is 2.71. The van der Waals surface area contributed by atoms with E-state index in [0.29, 0.717) is 17.1 Å². The SMILES string of the molecule is C[C@@]1(C2CCCCC2)NC(=O)N(CC(=O)c2ccc3c(c2)OCO3)C1=O. The second-order valence-corrected chi connectivity index (χ2v) is 7.35. The molecule has 1 aromatic carbocycles. The van der Waals surface area contributed by atoms with Crippen molar-refractivity contribution in [3.63, 3.8) is 0 Å². The Balaban J connectivity index is 1.50. The van der Waals surface area contributed by atoms with Gasteiger partial charge in [0.2, 0.25) is 6.79 Å². The molecule has 26 heavy (non-hydrogen) atoms. The summed E-state index contributed by atoms with van der Waals surface area (Å²) >= 11 is 0. The molecule has 0 bridgehead atoms. The minimum Gasteiger partial charge on any atom is -0.454 e. The Labute approximate surface area is 151 Å². The monoisotopic (exact) mass is 358 g/mol. The van der Waals surface area contributed by atoms with Crippen LogP contribution in [0.4, 0.5) is 4.79 Å². The Morgan fingerprint density at radius 3 is 2.69 bits per heavy atom. The average Bonchev–Trinajstić information content (AvgIpc) is 3.20. The number of benzene rings is 1. The zero-order valence-corrected chi connectivity index (χ0v) is 14.7. The van der Waals surface area contributed by atoms with E-state index in [0.717, 1.165) is 30.6 Å². The molecule has 0 unspecified atom stereocenters. The lowest BCUT2D eigenvalue weighted by Crippen LogP contribution is -2.51. The van der Waals surface area contributed by atoms with E-state index < -0.39 is 11.6 Å². The molecule has 7 nitrogen and oxygen atoms in total. The number of fused-ring (bicyclic) bond motifs is 1. The number of nitrogens with one attached hydrogen (secondary N) is 1. The Hall–Kier alpha value is -2.57. The van der Waals surface area contributed by atoms with Gasteiger partial charge < -0.3 is 14.8 Å². The molecular weight excluding hydrogens is 336 g/mol. The fraction of sp³-hybridized carbons (Fsp3) is 0.526.